The van der Waals surface area contributed by atoms with Gasteiger partial charge in [0.2, 0.25) is 0 Å². The van der Waals surface area contributed by atoms with Crippen molar-refractivity contribution in [2.75, 3.05) is 6.61 Å². The van der Waals surface area contributed by atoms with Gasteiger partial charge in [-0.2, -0.15) is 0 Å². The highest BCUT2D eigenvalue weighted by Gasteiger charge is 2.20. The molecule has 0 atom stereocenters. The number of ether oxygens (including phenoxy) is 1. The Kier molecular flexibility index (Phi) is 4.97. The van der Waals surface area contributed by atoms with Gasteiger partial charge in [-0.05, 0) is 31.7 Å². The Balaban J connectivity index is 3.23. The SMILES string of the molecule is C=C(Cl)c1c(C)csc1/C(=C\C)C(=O)OCC. The molecule has 0 fully saturated rings. The quantitative estimate of drug-likeness (QED) is 0.604. The molecule has 1 aromatic heterocycles. The molecule has 0 radical (unpaired) electrons. The molecule has 0 bridgehead atoms. The molecule has 2 nitrogen and oxygen atoms in total. The number of aryl methyl sites for hydroxylation is 1. The molecule has 1 heterocycles. The molecular weight excluding hydrogens is 256 g/mol. The fraction of sp³-hybridized carbons (Fsp3) is 0.308. The third-order valence-corrected chi connectivity index (χ3v) is 3.59. The van der Waals surface area contributed by atoms with Crippen LogP contribution in [0, 0.1) is 6.92 Å². The van der Waals surface area contributed by atoms with Crippen LogP contribution in [0.25, 0.3) is 10.6 Å². The average Bonchev–Trinajstić information content (AvgIpc) is 2.62. The molecule has 4 heteroatoms. The maximum Gasteiger partial charge on any atom is 0.339 e. The lowest BCUT2D eigenvalue weighted by molar-refractivity contribution is -0.136. The van der Waals surface area contributed by atoms with E-state index in [9.17, 15) is 4.79 Å². The van der Waals surface area contributed by atoms with Gasteiger partial charge in [0.15, 0.2) is 0 Å². The highest BCUT2D eigenvalue weighted by atomic mass is 35.5. The molecule has 0 aliphatic heterocycles. The van der Waals surface area contributed by atoms with Crippen LogP contribution in [0.1, 0.15) is 29.9 Å². The van der Waals surface area contributed by atoms with Gasteiger partial charge in [-0.15, -0.1) is 11.3 Å². The summed E-state index contributed by atoms with van der Waals surface area (Å²) in [5.74, 6) is -0.323. The normalized spacial score (nSPS) is 11.4. The molecule has 0 N–H and O–H groups in total. The molecule has 1 rings (SSSR count). The van der Waals surface area contributed by atoms with Crippen LogP contribution in [-0.2, 0) is 9.53 Å². The molecule has 0 amide bonds. The zero-order valence-corrected chi connectivity index (χ0v) is 11.7. The van der Waals surface area contributed by atoms with Crippen molar-refractivity contribution in [1.29, 1.82) is 0 Å². The first-order valence-corrected chi connectivity index (χ1v) is 6.55. The van der Waals surface area contributed by atoms with Crippen molar-refractivity contribution >= 4 is 39.5 Å². The van der Waals surface area contributed by atoms with E-state index < -0.39 is 0 Å². The third-order valence-electron chi connectivity index (χ3n) is 2.27. The lowest BCUT2D eigenvalue weighted by atomic mass is 10.1. The summed E-state index contributed by atoms with van der Waals surface area (Å²) < 4.78 is 5.02. The first-order valence-electron chi connectivity index (χ1n) is 5.29. The minimum absolute atomic E-state index is 0.323. The number of esters is 1. The van der Waals surface area contributed by atoms with E-state index in [4.69, 9.17) is 16.3 Å². The lowest BCUT2D eigenvalue weighted by Crippen LogP contribution is -2.06. The van der Waals surface area contributed by atoms with Gasteiger partial charge in [-0.25, -0.2) is 4.79 Å². The Morgan fingerprint density at radius 2 is 2.29 bits per heavy atom. The monoisotopic (exact) mass is 270 g/mol. The highest BCUT2D eigenvalue weighted by molar-refractivity contribution is 7.12. The van der Waals surface area contributed by atoms with Crippen molar-refractivity contribution in [3.63, 3.8) is 0 Å². The van der Waals surface area contributed by atoms with Crippen LogP contribution in [0.2, 0.25) is 0 Å². The van der Waals surface area contributed by atoms with Crippen LogP contribution in [0.3, 0.4) is 0 Å². The van der Waals surface area contributed by atoms with Crippen molar-refractivity contribution in [2.24, 2.45) is 0 Å². The van der Waals surface area contributed by atoms with E-state index in [1.54, 1.807) is 13.0 Å². The van der Waals surface area contributed by atoms with Crippen molar-refractivity contribution < 1.29 is 9.53 Å². The van der Waals surface area contributed by atoms with E-state index in [-0.39, 0.29) is 5.97 Å². The maximum absolute atomic E-state index is 11.8. The third kappa shape index (κ3) is 2.99. The van der Waals surface area contributed by atoms with Gasteiger partial charge in [-0.3, -0.25) is 0 Å². The fourth-order valence-corrected chi connectivity index (χ4v) is 2.97. The summed E-state index contributed by atoms with van der Waals surface area (Å²) in [7, 11) is 0. The summed E-state index contributed by atoms with van der Waals surface area (Å²) in [4.78, 5) is 12.6. The van der Waals surface area contributed by atoms with Gasteiger partial charge in [0.1, 0.15) is 0 Å². The summed E-state index contributed by atoms with van der Waals surface area (Å²) in [6.07, 6.45) is 1.74. The smallest absolute Gasteiger partial charge is 0.339 e. The second kappa shape index (κ2) is 6.03. The number of hydrogen-bond donors (Lipinski definition) is 0. The van der Waals surface area contributed by atoms with Gasteiger partial charge in [0.25, 0.3) is 0 Å². The predicted octanol–water partition coefficient (Wildman–Crippen LogP) is 4.23. The first kappa shape index (κ1) is 14.0. The number of carbonyl (C=O) groups excluding carboxylic acids is 1. The van der Waals surface area contributed by atoms with E-state index in [1.807, 2.05) is 19.2 Å². The standard InChI is InChI=1S/C13H15ClO2S/c1-5-10(13(15)16-6-2)12-11(9(4)14)8(3)7-17-12/h5,7H,4,6H2,1-3H3/b10-5+. The van der Waals surface area contributed by atoms with Crippen molar-refractivity contribution in [1.82, 2.24) is 0 Å². The average molecular weight is 271 g/mol. The number of rotatable bonds is 4. The van der Waals surface area contributed by atoms with E-state index >= 15 is 0 Å². The summed E-state index contributed by atoms with van der Waals surface area (Å²) in [6.45, 7) is 9.63. The van der Waals surface area contributed by atoms with Crippen LogP contribution in [0.15, 0.2) is 18.0 Å². The topological polar surface area (TPSA) is 26.3 Å². The lowest BCUT2D eigenvalue weighted by Gasteiger charge is -2.07. The van der Waals surface area contributed by atoms with Crippen molar-refractivity contribution in [2.45, 2.75) is 20.8 Å². The largest absolute Gasteiger partial charge is 0.462 e. The molecule has 0 aromatic carbocycles. The van der Waals surface area contributed by atoms with E-state index in [2.05, 4.69) is 6.58 Å². The molecule has 0 aliphatic rings. The Labute approximate surface area is 111 Å². The number of thiophene rings is 1. The van der Waals surface area contributed by atoms with Gasteiger partial charge >= 0.3 is 5.97 Å². The van der Waals surface area contributed by atoms with E-state index in [0.29, 0.717) is 17.2 Å². The second-order valence-electron chi connectivity index (χ2n) is 3.45. The summed E-state index contributed by atoms with van der Waals surface area (Å²) in [6, 6.07) is 0. The van der Waals surface area contributed by atoms with Gasteiger partial charge in [0.05, 0.1) is 17.1 Å². The van der Waals surface area contributed by atoms with Crippen LogP contribution in [0.5, 0.6) is 0 Å². The molecule has 1 aromatic rings. The van der Waals surface area contributed by atoms with E-state index in [0.717, 1.165) is 16.0 Å². The zero-order chi connectivity index (χ0) is 13.0. The van der Waals surface area contributed by atoms with Gasteiger partial charge in [-0.1, -0.05) is 24.3 Å². The van der Waals surface area contributed by atoms with Gasteiger partial charge in [0, 0.05) is 10.6 Å². The molecule has 0 saturated carbocycles. The molecule has 0 aliphatic carbocycles. The minimum Gasteiger partial charge on any atom is -0.462 e. The van der Waals surface area contributed by atoms with E-state index in [1.165, 1.54) is 11.3 Å². The summed E-state index contributed by atoms with van der Waals surface area (Å²) >= 11 is 7.45. The number of allylic oxidation sites excluding steroid dienone is 1. The Morgan fingerprint density at radius 1 is 1.65 bits per heavy atom. The molecule has 92 valence electrons. The maximum atomic E-state index is 11.8. The second-order valence-corrected chi connectivity index (χ2v) is 4.79. The Bertz CT molecular complexity index is 472. The molecular formula is C13H15ClO2S. The molecule has 0 saturated heterocycles. The summed E-state index contributed by atoms with van der Waals surface area (Å²) in [5.41, 5.74) is 2.40. The molecule has 0 spiro atoms. The summed E-state index contributed by atoms with van der Waals surface area (Å²) in [5, 5.41) is 2.41. The number of carbonyl (C=O) groups is 1. The fourth-order valence-electron chi connectivity index (χ4n) is 1.53. The molecule has 17 heavy (non-hydrogen) atoms. The molecule has 0 unspecified atom stereocenters. The number of hydrogen-bond acceptors (Lipinski definition) is 3. The number of halogens is 1. The van der Waals surface area contributed by atoms with Crippen LogP contribution >= 0.6 is 22.9 Å². The van der Waals surface area contributed by atoms with Crippen LogP contribution in [-0.4, -0.2) is 12.6 Å². The predicted molar refractivity (Wildman–Crippen MR) is 74.2 cm³/mol. The minimum atomic E-state index is -0.323. The first-order chi connectivity index (χ1) is 8.02. The Morgan fingerprint density at radius 3 is 2.76 bits per heavy atom. The van der Waals surface area contributed by atoms with Crippen LogP contribution < -0.4 is 0 Å². The Hall–Kier alpha value is -1.06. The van der Waals surface area contributed by atoms with Crippen LogP contribution in [0.4, 0.5) is 0 Å². The highest BCUT2D eigenvalue weighted by Crippen LogP contribution is 2.35. The van der Waals surface area contributed by atoms with Crippen molar-refractivity contribution in [3.05, 3.63) is 34.0 Å². The van der Waals surface area contributed by atoms with Gasteiger partial charge < -0.3 is 4.74 Å². The van der Waals surface area contributed by atoms with Crippen molar-refractivity contribution in [3.8, 4) is 0 Å². The zero-order valence-electron chi connectivity index (χ0n) is 10.2.